The number of benzene rings is 1. The maximum Gasteiger partial charge on any atom is 0.326 e. The molecular formula is C16H24N2O3. The Bertz CT molecular complexity index is 483. The van der Waals surface area contributed by atoms with Crippen molar-refractivity contribution in [3.8, 4) is 0 Å². The van der Waals surface area contributed by atoms with Crippen LogP contribution in [0.5, 0.6) is 0 Å². The Morgan fingerprint density at radius 2 is 1.81 bits per heavy atom. The monoisotopic (exact) mass is 292 g/mol. The lowest BCUT2D eigenvalue weighted by atomic mass is 10.0. The van der Waals surface area contributed by atoms with Crippen molar-refractivity contribution in [2.45, 2.75) is 39.7 Å². The number of carboxylic acid groups (broad SMARTS) is 1. The Balaban J connectivity index is 2.73. The molecule has 116 valence electrons. The van der Waals surface area contributed by atoms with E-state index in [0.29, 0.717) is 6.42 Å². The smallest absolute Gasteiger partial charge is 0.326 e. The SMILES string of the molecule is CCc1ccc(N(C)C(=O)N[C@@H](CC(C)C)C(=O)O)cc1. The van der Waals surface area contributed by atoms with Gasteiger partial charge in [-0.1, -0.05) is 32.9 Å². The van der Waals surface area contributed by atoms with Gasteiger partial charge in [-0.2, -0.15) is 0 Å². The highest BCUT2D eigenvalue weighted by atomic mass is 16.4. The van der Waals surface area contributed by atoms with Crippen LogP contribution >= 0.6 is 0 Å². The molecule has 0 aliphatic heterocycles. The summed E-state index contributed by atoms with van der Waals surface area (Å²) in [6.45, 7) is 5.92. The average Bonchev–Trinajstić information content (AvgIpc) is 2.45. The van der Waals surface area contributed by atoms with Gasteiger partial charge in [-0.25, -0.2) is 9.59 Å². The molecule has 2 amide bonds. The first-order valence-electron chi connectivity index (χ1n) is 7.21. The van der Waals surface area contributed by atoms with Crippen LogP contribution in [0.2, 0.25) is 0 Å². The molecule has 21 heavy (non-hydrogen) atoms. The molecule has 0 aliphatic rings. The molecule has 0 bridgehead atoms. The maximum absolute atomic E-state index is 12.1. The molecule has 5 heteroatoms. The molecule has 0 saturated heterocycles. The number of carbonyl (C=O) groups excluding carboxylic acids is 1. The predicted molar refractivity (Wildman–Crippen MR) is 83.6 cm³/mol. The van der Waals surface area contributed by atoms with Crippen LogP contribution in [0, 0.1) is 5.92 Å². The predicted octanol–water partition coefficient (Wildman–Crippen LogP) is 2.89. The van der Waals surface area contributed by atoms with Crippen molar-refractivity contribution in [3.63, 3.8) is 0 Å². The molecule has 0 spiro atoms. The largest absolute Gasteiger partial charge is 0.480 e. The van der Waals surface area contributed by atoms with E-state index in [1.54, 1.807) is 7.05 Å². The van der Waals surface area contributed by atoms with E-state index in [1.807, 2.05) is 38.1 Å². The highest BCUT2D eigenvalue weighted by Crippen LogP contribution is 2.15. The van der Waals surface area contributed by atoms with Crippen LogP contribution in [-0.4, -0.2) is 30.2 Å². The Morgan fingerprint density at radius 3 is 2.24 bits per heavy atom. The van der Waals surface area contributed by atoms with E-state index >= 15 is 0 Å². The third-order valence-electron chi connectivity index (χ3n) is 3.34. The Hall–Kier alpha value is -2.04. The lowest BCUT2D eigenvalue weighted by Gasteiger charge is -2.22. The van der Waals surface area contributed by atoms with Gasteiger partial charge in [0.1, 0.15) is 6.04 Å². The second-order valence-corrected chi connectivity index (χ2v) is 5.55. The molecule has 0 fully saturated rings. The van der Waals surface area contributed by atoms with Gasteiger partial charge in [0.25, 0.3) is 0 Å². The van der Waals surface area contributed by atoms with E-state index in [-0.39, 0.29) is 5.92 Å². The molecule has 1 atom stereocenters. The summed E-state index contributed by atoms with van der Waals surface area (Å²) in [6, 6.07) is 6.36. The zero-order valence-corrected chi connectivity index (χ0v) is 13.1. The number of aryl methyl sites for hydroxylation is 1. The lowest BCUT2D eigenvalue weighted by Crippen LogP contribution is -2.47. The van der Waals surface area contributed by atoms with Crippen LogP contribution < -0.4 is 10.2 Å². The summed E-state index contributed by atoms with van der Waals surface area (Å²) in [5.74, 6) is -0.813. The van der Waals surface area contributed by atoms with Gasteiger partial charge < -0.3 is 10.4 Å². The van der Waals surface area contributed by atoms with Crippen LogP contribution in [0.3, 0.4) is 0 Å². The minimum atomic E-state index is -1.01. The fourth-order valence-electron chi connectivity index (χ4n) is 2.01. The molecule has 0 aliphatic carbocycles. The van der Waals surface area contributed by atoms with Crippen molar-refractivity contribution < 1.29 is 14.7 Å². The fraction of sp³-hybridized carbons (Fsp3) is 0.500. The molecular weight excluding hydrogens is 268 g/mol. The molecule has 5 nitrogen and oxygen atoms in total. The topological polar surface area (TPSA) is 69.6 Å². The van der Waals surface area contributed by atoms with Gasteiger partial charge in [0.15, 0.2) is 0 Å². The van der Waals surface area contributed by atoms with Crippen LogP contribution in [0.4, 0.5) is 10.5 Å². The van der Waals surface area contributed by atoms with E-state index in [4.69, 9.17) is 5.11 Å². The summed E-state index contributed by atoms with van der Waals surface area (Å²) >= 11 is 0. The first-order chi connectivity index (χ1) is 9.85. The number of nitrogens with zero attached hydrogens (tertiary/aromatic N) is 1. The highest BCUT2D eigenvalue weighted by Gasteiger charge is 2.23. The molecule has 0 saturated carbocycles. The Morgan fingerprint density at radius 1 is 1.24 bits per heavy atom. The summed E-state index contributed by atoms with van der Waals surface area (Å²) in [5, 5.41) is 11.7. The second-order valence-electron chi connectivity index (χ2n) is 5.55. The highest BCUT2D eigenvalue weighted by molar-refractivity contribution is 5.93. The number of anilines is 1. The first kappa shape index (κ1) is 17.0. The summed E-state index contributed by atoms with van der Waals surface area (Å²) in [7, 11) is 1.63. The van der Waals surface area contributed by atoms with E-state index < -0.39 is 18.0 Å². The number of urea groups is 1. The fourth-order valence-corrected chi connectivity index (χ4v) is 2.01. The third-order valence-corrected chi connectivity index (χ3v) is 3.34. The molecule has 0 heterocycles. The van der Waals surface area contributed by atoms with E-state index in [1.165, 1.54) is 10.5 Å². The van der Waals surface area contributed by atoms with Crippen molar-refractivity contribution in [1.29, 1.82) is 0 Å². The zero-order valence-electron chi connectivity index (χ0n) is 13.1. The molecule has 0 aromatic heterocycles. The summed E-state index contributed by atoms with van der Waals surface area (Å²) < 4.78 is 0. The minimum Gasteiger partial charge on any atom is -0.480 e. The van der Waals surface area contributed by atoms with Crippen molar-refractivity contribution in [1.82, 2.24) is 5.32 Å². The number of hydrogen-bond acceptors (Lipinski definition) is 2. The average molecular weight is 292 g/mol. The molecule has 1 aromatic rings. The van der Waals surface area contributed by atoms with Gasteiger partial charge in [-0.15, -0.1) is 0 Å². The van der Waals surface area contributed by atoms with Crippen molar-refractivity contribution in [2.75, 3.05) is 11.9 Å². The molecule has 0 unspecified atom stereocenters. The second kappa shape index (κ2) is 7.67. The van der Waals surface area contributed by atoms with Gasteiger partial charge in [-0.3, -0.25) is 4.90 Å². The van der Waals surface area contributed by atoms with Crippen LogP contribution in [-0.2, 0) is 11.2 Å². The number of carboxylic acids is 1. The third kappa shape index (κ3) is 5.10. The lowest BCUT2D eigenvalue weighted by molar-refractivity contribution is -0.139. The van der Waals surface area contributed by atoms with Gasteiger partial charge in [0.05, 0.1) is 0 Å². The van der Waals surface area contributed by atoms with Gasteiger partial charge in [0, 0.05) is 12.7 Å². The quantitative estimate of drug-likeness (QED) is 0.847. The Kier molecular flexibility index (Phi) is 6.21. The van der Waals surface area contributed by atoms with Gasteiger partial charge in [-0.05, 0) is 36.5 Å². The minimum absolute atomic E-state index is 0.195. The molecule has 1 rings (SSSR count). The number of nitrogens with one attached hydrogen (secondary N) is 1. The summed E-state index contributed by atoms with van der Waals surface area (Å²) in [5.41, 5.74) is 1.93. The number of carbonyl (C=O) groups is 2. The van der Waals surface area contributed by atoms with Crippen molar-refractivity contribution in [3.05, 3.63) is 29.8 Å². The van der Waals surface area contributed by atoms with Crippen LogP contribution in [0.15, 0.2) is 24.3 Å². The summed E-state index contributed by atoms with van der Waals surface area (Å²) in [6.07, 6.45) is 1.34. The standard InChI is InChI=1S/C16H24N2O3/c1-5-12-6-8-13(9-7-12)18(4)16(21)17-14(15(19)20)10-11(2)3/h6-9,11,14H,5,10H2,1-4H3,(H,17,21)(H,19,20)/t14-/m0/s1. The van der Waals surface area contributed by atoms with Crippen LogP contribution in [0.1, 0.15) is 32.8 Å². The normalized spacial score (nSPS) is 12.0. The van der Waals surface area contributed by atoms with Crippen LogP contribution in [0.25, 0.3) is 0 Å². The van der Waals surface area contributed by atoms with Gasteiger partial charge >= 0.3 is 12.0 Å². The molecule has 1 aromatic carbocycles. The Labute approximate surface area is 126 Å². The molecule has 2 N–H and O–H groups in total. The number of aliphatic carboxylic acids is 1. The molecule has 0 radical (unpaired) electrons. The van der Waals surface area contributed by atoms with E-state index in [2.05, 4.69) is 12.2 Å². The number of amides is 2. The van der Waals surface area contributed by atoms with Gasteiger partial charge in [0.2, 0.25) is 0 Å². The number of rotatable bonds is 6. The van der Waals surface area contributed by atoms with E-state index in [9.17, 15) is 9.59 Å². The van der Waals surface area contributed by atoms with E-state index in [0.717, 1.165) is 12.1 Å². The summed E-state index contributed by atoms with van der Waals surface area (Å²) in [4.78, 5) is 24.8. The maximum atomic E-state index is 12.1. The van der Waals surface area contributed by atoms with Crippen molar-refractivity contribution >= 4 is 17.7 Å². The first-order valence-corrected chi connectivity index (χ1v) is 7.21. The zero-order chi connectivity index (χ0) is 16.0. The van der Waals surface area contributed by atoms with Crippen molar-refractivity contribution in [2.24, 2.45) is 5.92 Å². The number of hydrogen-bond donors (Lipinski definition) is 2.